The highest BCUT2D eigenvalue weighted by molar-refractivity contribution is 8.26. The van der Waals surface area contributed by atoms with Crippen molar-refractivity contribution in [3.63, 3.8) is 0 Å². The quantitative estimate of drug-likeness (QED) is 0.237. The minimum atomic E-state index is -3.65. The van der Waals surface area contributed by atoms with Gasteiger partial charge in [0.25, 0.3) is 5.91 Å². The van der Waals surface area contributed by atoms with Gasteiger partial charge < -0.3 is 0 Å². The molecule has 1 saturated carbocycles. The van der Waals surface area contributed by atoms with Crippen LogP contribution in [0, 0.1) is 0 Å². The van der Waals surface area contributed by atoms with Crippen LogP contribution in [0.15, 0.2) is 70.6 Å². The first kappa shape index (κ1) is 27.8. The van der Waals surface area contributed by atoms with Gasteiger partial charge in [-0.25, -0.2) is 13.1 Å². The van der Waals surface area contributed by atoms with Crippen LogP contribution < -0.4 is 0 Å². The number of aromatic nitrogens is 2. The Kier molecular flexibility index (Phi) is 8.37. The number of carbonyl (C=O) groups excluding carboxylic acids is 1. The van der Waals surface area contributed by atoms with E-state index >= 15 is 0 Å². The standard InChI is InChI=1S/C29H32N4O3S3/c1-3-31(4-2)39(35,36)25-17-11-12-21(18-25)27-22(20-32(30-27)23-13-7-5-8-14-23)19-26-28(34)33(29(37)38-26)24-15-9-6-10-16-24/h5,7-8,11-14,17-20,24H,3-4,6,9-10,15-16H2,1-2H3/b26-19-. The molecule has 0 N–H and O–H groups in total. The summed E-state index contributed by atoms with van der Waals surface area (Å²) < 4.78 is 30.3. The first-order valence-electron chi connectivity index (χ1n) is 13.4. The molecule has 1 saturated heterocycles. The van der Waals surface area contributed by atoms with E-state index in [1.165, 1.54) is 22.5 Å². The van der Waals surface area contributed by atoms with Crippen molar-refractivity contribution in [2.45, 2.75) is 56.9 Å². The van der Waals surface area contributed by atoms with Crippen LogP contribution in [0.3, 0.4) is 0 Å². The molecule has 2 heterocycles. The topological polar surface area (TPSA) is 75.5 Å². The van der Waals surface area contributed by atoms with Gasteiger partial charge in [0.15, 0.2) is 0 Å². The SMILES string of the molecule is CCN(CC)S(=O)(=O)c1cccc(-c2nn(-c3ccccc3)cc2/C=C2\SC(=S)N(C3CCCCC3)C2=O)c1. The number of nitrogens with zero attached hydrogens (tertiary/aromatic N) is 4. The third-order valence-electron chi connectivity index (χ3n) is 7.26. The van der Waals surface area contributed by atoms with Crippen LogP contribution in [0.5, 0.6) is 0 Å². The van der Waals surface area contributed by atoms with Crippen molar-refractivity contribution in [2.24, 2.45) is 0 Å². The van der Waals surface area contributed by atoms with Crippen molar-refractivity contribution in [2.75, 3.05) is 13.1 Å². The second-order valence-electron chi connectivity index (χ2n) is 9.67. The maximum absolute atomic E-state index is 13.5. The van der Waals surface area contributed by atoms with E-state index in [2.05, 4.69) is 0 Å². The third-order valence-corrected chi connectivity index (χ3v) is 10.6. The van der Waals surface area contributed by atoms with Crippen LogP contribution in [0.1, 0.15) is 51.5 Å². The van der Waals surface area contributed by atoms with E-state index in [4.69, 9.17) is 17.3 Å². The molecule has 39 heavy (non-hydrogen) atoms. The molecule has 1 aliphatic heterocycles. The summed E-state index contributed by atoms with van der Waals surface area (Å²) in [6.07, 6.45) is 9.10. The van der Waals surface area contributed by atoms with E-state index in [-0.39, 0.29) is 16.8 Å². The number of hydrogen-bond donors (Lipinski definition) is 0. The minimum Gasteiger partial charge on any atom is -0.290 e. The smallest absolute Gasteiger partial charge is 0.266 e. The number of thioether (sulfide) groups is 1. The molecule has 10 heteroatoms. The normalized spacial score (nSPS) is 18.0. The fourth-order valence-electron chi connectivity index (χ4n) is 5.22. The van der Waals surface area contributed by atoms with Gasteiger partial charge in [0.2, 0.25) is 10.0 Å². The van der Waals surface area contributed by atoms with Crippen molar-refractivity contribution in [3.8, 4) is 16.9 Å². The van der Waals surface area contributed by atoms with Crippen molar-refractivity contribution in [3.05, 3.63) is 71.3 Å². The second-order valence-corrected chi connectivity index (χ2v) is 13.3. The fourth-order valence-corrected chi connectivity index (χ4v) is 8.12. The number of para-hydroxylation sites is 1. The molecule has 0 spiro atoms. The number of amides is 1. The van der Waals surface area contributed by atoms with Gasteiger partial charge in [-0.15, -0.1) is 0 Å². The third kappa shape index (κ3) is 5.61. The highest BCUT2D eigenvalue weighted by atomic mass is 32.2. The molecule has 3 aromatic rings. The molecule has 1 aliphatic carbocycles. The summed E-state index contributed by atoms with van der Waals surface area (Å²) in [6.45, 7) is 4.43. The second kappa shape index (κ2) is 11.8. The fraction of sp³-hybridized carbons (Fsp3) is 0.345. The predicted octanol–water partition coefficient (Wildman–Crippen LogP) is 6.10. The summed E-state index contributed by atoms with van der Waals surface area (Å²) in [5.74, 6) is -0.0619. The Morgan fingerprint density at radius 3 is 2.46 bits per heavy atom. The van der Waals surface area contributed by atoms with Crippen molar-refractivity contribution < 1.29 is 13.2 Å². The van der Waals surface area contributed by atoms with Gasteiger partial charge in [-0.2, -0.15) is 9.40 Å². The van der Waals surface area contributed by atoms with Crippen LogP contribution in [-0.4, -0.2) is 56.8 Å². The number of rotatable bonds is 8. The van der Waals surface area contributed by atoms with Crippen LogP contribution >= 0.6 is 24.0 Å². The lowest BCUT2D eigenvalue weighted by Gasteiger charge is -2.29. The molecule has 1 amide bonds. The summed E-state index contributed by atoms with van der Waals surface area (Å²) in [5, 5.41) is 4.85. The summed E-state index contributed by atoms with van der Waals surface area (Å²) in [5.41, 5.74) is 2.84. The number of hydrogen-bond acceptors (Lipinski definition) is 6. The lowest BCUT2D eigenvalue weighted by atomic mass is 9.94. The summed E-state index contributed by atoms with van der Waals surface area (Å²) in [7, 11) is -3.65. The van der Waals surface area contributed by atoms with Crippen LogP contribution in [-0.2, 0) is 14.8 Å². The van der Waals surface area contributed by atoms with E-state index < -0.39 is 10.0 Å². The Bertz CT molecular complexity index is 1510. The van der Waals surface area contributed by atoms with E-state index in [0.717, 1.165) is 36.9 Å². The van der Waals surface area contributed by atoms with Crippen molar-refractivity contribution >= 4 is 50.3 Å². The maximum Gasteiger partial charge on any atom is 0.266 e. The zero-order chi connectivity index (χ0) is 27.6. The van der Waals surface area contributed by atoms with Gasteiger partial charge in [0.05, 0.1) is 15.5 Å². The zero-order valence-corrected chi connectivity index (χ0v) is 24.6. The van der Waals surface area contributed by atoms with Gasteiger partial charge in [-0.05, 0) is 43.2 Å². The molecule has 0 unspecified atom stereocenters. The van der Waals surface area contributed by atoms with Gasteiger partial charge >= 0.3 is 0 Å². The van der Waals surface area contributed by atoms with E-state index in [9.17, 15) is 13.2 Å². The average molecular weight is 581 g/mol. The van der Waals surface area contributed by atoms with Crippen molar-refractivity contribution in [1.82, 2.24) is 19.0 Å². The summed E-state index contributed by atoms with van der Waals surface area (Å²) in [4.78, 5) is 16.1. The Morgan fingerprint density at radius 2 is 1.77 bits per heavy atom. The van der Waals surface area contributed by atoms with Gasteiger partial charge in [0.1, 0.15) is 10.0 Å². The molecule has 0 bridgehead atoms. The number of carbonyl (C=O) groups is 1. The lowest BCUT2D eigenvalue weighted by molar-refractivity contribution is -0.124. The van der Waals surface area contributed by atoms with Crippen LogP contribution in [0.4, 0.5) is 0 Å². The molecule has 0 atom stereocenters. The highest BCUT2D eigenvalue weighted by Gasteiger charge is 2.37. The first-order valence-corrected chi connectivity index (χ1v) is 16.0. The van der Waals surface area contributed by atoms with Crippen LogP contribution in [0.2, 0.25) is 0 Å². The molecule has 2 aliphatic rings. The van der Waals surface area contributed by atoms with Gasteiger partial charge in [-0.1, -0.05) is 87.4 Å². The van der Waals surface area contributed by atoms with Crippen molar-refractivity contribution in [1.29, 1.82) is 0 Å². The van der Waals surface area contributed by atoms with Crippen LogP contribution in [0.25, 0.3) is 23.0 Å². The maximum atomic E-state index is 13.5. The molecule has 2 aromatic carbocycles. The molecule has 2 fully saturated rings. The van der Waals surface area contributed by atoms with E-state index in [0.29, 0.717) is 33.6 Å². The number of thiocarbonyl (C=S) groups is 1. The molecule has 5 rings (SSSR count). The van der Waals surface area contributed by atoms with E-state index in [1.807, 2.05) is 62.5 Å². The highest BCUT2D eigenvalue weighted by Crippen LogP contribution is 2.38. The average Bonchev–Trinajstić information content (AvgIpc) is 3.50. The molecular formula is C29H32N4O3S3. The summed E-state index contributed by atoms with van der Waals surface area (Å²) >= 11 is 6.97. The number of benzene rings is 2. The minimum absolute atomic E-state index is 0.0619. The lowest BCUT2D eigenvalue weighted by Crippen LogP contribution is -2.39. The molecule has 1 aromatic heterocycles. The predicted molar refractivity (Wildman–Crippen MR) is 161 cm³/mol. The Balaban J connectivity index is 1.58. The monoisotopic (exact) mass is 580 g/mol. The largest absolute Gasteiger partial charge is 0.290 e. The molecule has 204 valence electrons. The Morgan fingerprint density at radius 1 is 1.05 bits per heavy atom. The molecule has 0 radical (unpaired) electrons. The number of sulfonamides is 1. The Hall–Kier alpha value is -2.79. The molecule has 7 nitrogen and oxygen atoms in total. The van der Waals surface area contributed by atoms with E-state index in [1.54, 1.807) is 27.8 Å². The first-order chi connectivity index (χ1) is 18.8. The zero-order valence-electron chi connectivity index (χ0n) is 22.1. The molecular weight excluding hydrogens is 549 g/mol. The Labute approximate surface area is 239 Å². The van der Waals surface area contributed by atoms with Gasteiger partial charge in [-0.3, -0.25) is 9.69 Å². The van der Waals surface area contributed by atoms with Gasteiger partial charge in [0, 0.05) is 36.5 Å². The summed E-state index contributed by atoms with van der Waals surface area (Å²) in [6, 6.07) is 16.7.